The van der Waals surface area contributed by atoms with E-state index in [-0.39, 0.29) is 5.82 Å². The van der Waals surface area contributed by atoms with Gasteiger partial charge >= 0.3 is 0 Å². The number of hydrogen-bond donors (Lipinski definition) is 1. The van der Waals surface area contributed by atoms with Crippen LogP contribution in [0.4, 0.5) is 10.2 Å². The van der Waals surface area contributed by atoms with Crippen LogP contribution in [0.5, 0.6) is 11.5 Å². The van der Waals surface area contributed by atoms with Crippen molar-refractivity contribution in [3.05, 3.63) is 54.1 Å². The normalized spacial score (nSPS) is 11.0. The number of nitrogens with one attached hydrogen (secondary N) is 1. The van der Waals surface area contributed by atoms with E-state index in [0.717, 1.165) is 16.3 Å². The number of fused-ring (bicyclic) bond motifs is 3. The van der Waals surface area contributed by atoms with Gasteiger partial charge in [-0.3, -0.25) is 0 Å². The first-order valence-corrected chi connectivity index (χ1v) is 7.93. The number of benzene rings is 2. The molecule has 132 valence electrons. The summed E-state index contributed by atoms with van der Waals surface area (Å²) >= 11 is 0. The molecule has 0 aliphatic heterocycles. The second-order valence-electron chi connectivity index (χ2n) is 5.68. The highest BCUT2D eigenvalue weighted by Crippen LogP contribution is 2.36. The van der Waals surface area contributed by atoms with Gasteiger partial charge in [-0.25, -0.2) is 4.39 Å². The molecule has 8 heteroatoms. The van der Waals surface area contributed by atoms with Gasteiger partial charge in [0.1, 0.15) is 12.1 Å². The summed E-state index contributed by atoms with van der Waals surface area (Å²) in [5.41, 5.74) is 1.55. The van der Waals surface area contributed by atoms with Gasteiger partial charge in [0.05, 0.1) is 14.2 Å². The van der Waals surface area contributed by atoms with Crippen LogP contribution in [0.1, 0.15) is 5.56 Å². The Morgan fingerprint density at radius 2 is 1.73 bits per heavy atom. The summed E-state index contributed by atoms with van der Waals surface area (Å²) in [6.07, 6.45) is 1.54. The zero-order chi connectivity index (χ0) is 18.1. The first-order chi connectivity index (χ1) is 12.7. The van der Waals surface area contributed by atoms with Crippen molar-refractivity contribution in [1.82, 2.24) is 19.8 Å². The number of aromatic nitrogens is 4. The Morgan fingerprint density at radius 3 is 2.42 bits per heavy atom. The van der Waals surface area contributed by atoms with Gasteiger partial charge in [-0.05, 0) is 29.8 Å². The average Bonchev–Trinajstić information content (AvgIpc) is 3.14. The first-order valence-electron chi connectivity index (χ1n) is 7.93. The largest absolute Gasteiger partial charge is 0.493 e. The van der Waals surface area contributed by atoms with Crippen molar-refractivity contribution in [2.75, 3.05) is 19.5 Å². The summed E-state index contributed by atoms with van der Waals surface area (Å²) < 4.78 is 25.5. The fourth-order valence-electron chi connectivity index (χ4n) is 2.82. The lowest BCUT2D eigenvalue weighted by Gasteiger charge is -2.13. The number of ether oxygens (including phenoxy) is 2. The van der Waals surface area contributed by atoms with E-state index in [4.69, 9.17) is 9.47 Å². The van der Waals surface area contributed by atoms with Crippen LogP contribution >= 0.6 is 0 Å². The summed E-state index contributed by atoms with van der Waals surface area (Å²) in [7, 11) is 3.16. The lowest BCUT2D eigenvalue weighted by molar-refractivity contribution is 0.356. The van der Waals surface area contributed by atoms with Gasteiger partial charge in [-0.2, -0.15) is 4.52 Å². The molecule has 0 atom stereocenters. The molecule has 7 nitrogen and oxygen atoms in total. The van der Waals surface area contributed by atoms with Crippen LogP contribution in [0, 0.1) is 5.82 Å². The molecule has 0 unspecified atom stereocenters. The summed E-state index contributed by atoms with van der Waals surface area (Å²) in [5.74, 6) is 1.56. The van der Waals surface area contributed by atoms with Crippen molar-refractivity contribution < 1.29 is 13.9 Å². The smallest absolute Gasteiger partial charge is 0.185 e. The highest BCUT2D eigenvalue weighted by atomic mass is 19.1. The Hall–Kier alpha value is -3.42. The molecule has 0 aliphatic rings. The molecule has 0 saturated carbocycles. The molecule has 0 radical (unpaired) electrons. The molecule has 0 amide bonds. The van der Waals surface area contributed by atoms with E-state index >= 15 is 0 Å². The molecular formula is C18H16FN5O2. The van der Waals surface area contributed by atoms with Crippen LogP contribution < -0.4 is 14.8 Å². The van der Waals surface area contributed by atoms with Gasteiger partial charge in [-0.1, -0.05) is 12.1 Å². The maximum atomic E-state index is 13.1. The Bertz CT molecular complexity index is 1080. The van der Waals surface area contributed by atoms with Gasteiger partial charge < -0.3 is 14.8 Å². The van der Waals surface area contributed by atoms with Crippen LogP contribution in [0.25, 0.3) is 16.4 Å². The molecule has 0 aliphatic carbocycles. The molecule has 1 N–H and O–H groups in total. The van der Waals surface area contributed by atoms with E-state index in [1.807, 2.05) is 12.1 Å². The maximum absolute atomic E-state index is 13.1. The van der Waals surface area contributed by atoms with Crippen molar-refractivity contribution >= 4 is 22.2 Å². The minimum absolute atomic E-state index is 0.264. The van der Waals surface area contributed by atoms with E-state index in [9.17, 15) is 4.39 Å². The second kappa shape index (κ2) is 6.47. The number of rotatable bonds is 5. The predicted molar refractivity (Wildman–Crippen MR) is 95.1 cm³/mol. The molecular weight excluding hydrogens is 337 g/mol. The Morgan fingerprint density at radius 1 is 1.04 bits per heavy atom. The molecule has 4 aromatic rings. The van der Waals surface area contributed by atoms with Crippen LogP contribution in [0.3, 0.4) is 0 Å². The van der Waals surface area contributed by atoms with Crippen LogP contribution in [-0.4, -0.2) is 34.0 Å². The highest BCUT2D eigenvalue weighted by molar-refractivity contribution is 6.01. The third-order valence-corrected chi connectivity index (χ3v) is 4.13. The Balaban J connectivity index is 1.82. The predicted octanol–water partition coefficient (Wildman–Crippen LogP) is 3.05. The number of hydrogen-bond acceptors (Lipinski definition) is 6. The molecule has 0 bridgehead atoms. The lowest BCUT2D eigenvalue weighted by atomic mass is 10.1. The molecule has 26 heavy (non-hydrogen) atoms. The van der Waals surface area contributed by atoms with Crippen molar-refractivity contribution in [2.45, 2.75) is 6.54 Å². The number of halogens is 1. The average molecular weight is 353 g/mol. The van der Waals surface area contributed by atoms with Gasteiger partial charge in [-0.15, -0.1) is 15.3 Å². The van der Waals surface area contributed by atoms with Gasteiger partial charge in [0, 0.05) is 17.3 Å². The number of nitrogens with zero attached hydrogens (tertiary/aromatic N) is 4. The van der Waals surface area contributed by atoms with Crippen LogP contribution in [0.2, 0.25) is 0 Å². The van der Waals surface area contributed by atoms with E-state index in [0.29, 0.717) is 29.5 Å². The van der Waals surface area contributed by atoms with E-state index in [1.165, 1.54) is 18.5 Å². The third-order valence-electron chi connectivity index (χ3n) is 4.13. The summed E-state index contributed by atoms with van der Waals surface area (Å²) in [6, 6.07) is 10.0. The summed E-state index contributed by atoms with van der Waals surface area (Å²) in [6.45, 7) is 0.490. The summed E-state index contributed by atoms with van der Waals surface area (Å²) in [5, 5.41) is 17.5. The van der Waals surface area contributed by atoms with Gasteiger partial charge in [0.2, 0.25) is 0 Å². The van der Waals surface area contributed by atoms with Gasteiger partial charge in [0.15, 0.2) is 23.0 Å². The van der Waals surface area contributed by atoms with E-state index in [2.05, 4.69) is 20.6 Å². The Kier molecular flexibility index (Phi) is 4.00. The lowest BCUT2D eigenvalue weighted by Crippen LogP contribution is -2.06. The minimum Gasteiger partial charge on any atom is -0.493 e. The molecule has 0 fully saturated rings. The second-order valence-corrected chi connectivity index (χ2v) is 5.68. The molecule has 0 saturated heterocycles. The van der Waals surface area contributed by atoms with Gasteiger partial charge in [0.25, 0.3) is 0 Å². The topological polar surface area (TPSA) is 73.6 Å². The van der Waals surface area contributed by atoms with Crippen molar-refractivity contribution in [3.8, 4) is 11.5 Å². The quantitative estimate of drug-likeness (QED) is 0.594. The molecule has 0 spiro atoms. The van der Waals surface area contributed by atoms with Crippen molar-refractivity contribution in [3.63, 3.8) is 0 Å². The van der Waals surface area contributed by atoms with Crippen molar-refractivity contribution in [2.24, 2.45) is 0 Å². The van der Waals surface area contributed by atoms with Crippen LogP contribution in [-0.2, 0) is 6.54 Å². The zero-order valence-electron chi connectivity index (χ0n) is 14.2. The van der Waals surface area contributed by atoms with Crippen LogP contribution in [0.15, 0.2) is 42.7 Å². The first kappa shape index (κ1) is 16.1. The SMILES string of the molecule is COc1cc2c(NCc3ccc(F)cc3)nn3cnnc3c2cc1OC. The minimum atomic E-state index is -0.264. The number of anilines is 1. The molecule has 4 rings (SSSR count). The summed E-state index contributed by atoms with van der Waals surface area (Å²) in [4.78, 5) is 0. The maximum Gasteiger partial charge on any atom is 0.185 e. The Labute approximate surface area is 148 Å². The molecule has 2 aromatic heterocycles. The van der Waals surface area contributed by atoms with E-state index < -0.39 is 0 Å². The zero-order valence-corrected chi connectivity index (χ0v) is 14.2. The molecule has 2 aromatic carbocycles. The molecule has 2 heterocycles. The fraction of sp³-hybridized carbons (Fsp3) is 0.167. The fourth-order valence-corrected chi connectivity index (χ4v) is 2.82. The van der Waals surface area contributed by atoms with E-state index in [1.54, 1.807) is 30.9 Å². The monoisotopic (exact) mass is 353 g/mol. The standard InChI is InChI=1S/C18H16FN5O2/c1-25-15-7-13-14(8-16(15)26-2)18-22-21-10-24(18)23-17(13)20-9-11-3-5-12(19)6-4-11/h3-8,10H,9H2,1-2H3,(H,20,23). The van der Waals surface area contributed by atoms with Crippen molar-refractivity contribution in [1.29, 1.82) is 0 Å². The highest BCUT2D eigenvalue weighted by Gasteiger charge is 2.15. The number of methoxy groups -OCH3 is 2. The third kappa shape index (κ3) is 2.75.